The van der Waals surface area contributed by atoms with E-state index in [1.54, 1.807) is 6.07 Å². The van der Waals surface area contributed by atoms with Gasteiger partial charge in [0.1, 0.15) is 17.4 Å². The number of halogens is 1. The number of nitriles is 1. The van der Waals surface area contributed by atoms with Crippen LogP contribution in [-0.4, -0.2) is 9.55 Å². The predicted molar refractivity (Wildman–Crippen MR) is 78.2 cm³/mol. The zero-order chi connectivity index (χ0) is 14.2. The van der Waals surface area contributed by atoms with Crippen LogP contribution in [0.4, 0.5) is 0 Å². The predicted octanol–water partition coefficient (Wildman–Crippen LogP) is 4.25. The summed E-state index contributed by atoms with van der Waals surface area (Å²) in [5.41, 5.74) is 2.43. The van der Waals surface area contributed by atoms with Crippen LogP contribution in [0.1, 0.15) is 45.1 Å². The molecule has 3 nitrogen and oxygen atoms in total. The van der Waals surface area contributed by atoms with E-state index in [0.717, 1.165) is 16.9 Å². The number of alkyl halides is 1. The Morgan fingerprint density at radius 2 is 2.11 bits per heavy atom. The number of aromatic nitrogens is 2. The second kappa shape index (κ2) is 4.86. The van der Waals surface area contributed by atoms with E-state index in [2.05, 4.69) is 43.3 Å². The number of para-hydroxylation sites is 1. The van der Waals surface area contributed by atoms with E-state index in [4.69, 9.17) is 11.6 Å². The number of nitrogens with zero attached hydrogens (tertiary/aromatic N) is 3. The van der Waals surface area contributed by atoms with Crippen LogP contribution in [0.25, 0.3) is 11.0 Å². The molecular formula is C15H18ClN3. The van der Waals surface area contributed by atoms with Crippen molar-refractivity contribution >= 4 is 22.6 Å². The van der Waals surface area contributed by atoms with Gasteiger partial charge in [0.05, 0.1) is 17.0 Å². The van der Waals surface area contributed by atoms with Gasteiger partial charge >= 0.3 is 0 Å². The Labute approximate surface area is 118 Å². The summed E-state index contributed by atoms with van der Waals surface area (Å²) < 4.78 is 2.16. The molecule has 1 aromatic carbocycles. The summed E-state index contributed by atoms with van der Waals surface area (Å²) in [6.07, 6.45) is 0. The van der Waals surface area contributed by atoms with Gasteiger partial charge in [0, 0.05) is 6.04 Å². The van der Waals surface area contributed by atoms with Gasteiger partial charge in [-0.05, 0) is 24.5 Å². The summed E-state index contributed by atoms with van der Waals surface area (Å²) in [5.74, 6) is 1.17. The molecule has 1 atom stereocenters. The van der Waals surface area contributed by atoms with Crippen LogP contribution in [0.15, 0.2) is 18.2 Å². The third-order valence-corrected chi connectivity index (χ3v) is 3.91. The quantitative estimate of drug-likeness (QED) is 0.769. The first-order valence-corrected chi connectivity index (χ1v) is 6.89. The van der Waals surface area contributed by atoms with Crippen molar-refractivity contribution in [1.29, 1.82) is 5.26 Å². The van der Waals surface area contributed by atoms with Crippen molar-refractivity contribution in [2.24, 2.45) is 5.41 Å². The molecule has 100 valence electrons. The average molecular weight is 276 g/mol. The monoisotopic (exact) mass is 275 g/mol. The maximum Gasteiger partial charge on any atom is 0.125 e. The molecule has 0 saturated carbocycles. The van der Waals surface area contributed by atoms with Gasteiger partial charge in [-0.25, -0.2) is 4.98 Å². The third kappa shape index (κ3) is 2.33. The van der Waals surface area contributed by atoms with Gasteiger partial charge < -0.3 is 4.57 Å². The van der Waals surface area contributed by atoms with Gasteiger partial charge in [0.15, 0.2) is 0 Å². The first kappa shape index (κ1) is 13.9. The maximum absolute atomic E-state index is 9.17. The lowest BCUT2D eigenvalue weighted by molar-refractivity contribution is 0.264. The van der Waals surface area contributed by atoms with E-state index >= 15 is 0 Å². The third-order valence-electron chi connectivity index (χ3n) is 3.67. The molecule has 0 N–H and O–H groups in total. The molecule has 4 heteroatoms. The molecule has 1 heterocycles. The number of imidazole rings is 1. The van der Waals surface area contributed by atoms with Crippen LogP contribution in [0.2, 0.25) is 0 Å². The number of hydrogen-bond acceptors (Lipinski definition) is 2. The molecule has 2 rings (SSSR count). The van der Waals surface area contributed by atoms with Crippen LogP contribution < -0.4 is 0 Å². The second-order valence-corrected chi connectivity index (χ2v) is 6.13. The van der Waals surface area contributed by atoms with Crippen LogP contribution in [0.5, 0.6) is 0 Å². The summed E-state index contributed by atoms with van der Waals surface area (Å²) in [5, 5.41) is 9.17. The fraction of sp³-hybridized carbons (Fsp3) is 0.467. The lowest BCUT2D eigenvalue weighted by Gasteiger charge is -2.30. The Kier molecular flexibility index (Phi) is 3.56. The number of rotatable bonds is 2. The van der Waals surface area contributed by atoms with Crippen molar-refractivity contribution < 1.29 is 0 Å². The summed E-state index contributed by atoms with van der Waals surface area (Å²) in [6, 6.07) is 8.13. The zero-order valence-corrected chi connectivity index (χ0v) is 12.5. The highest BCUT2D eigenvalue weighted by Crippen LogP contribution is 2.34. The van der Waals surface area contributed by atoms with Crippen LogP contribution in [0.3, 0.4) is 0 Å². The summed E-state index contributed by atoms with van der Waals surface area (Å²) >= 11 is 6.03. The lowest BCUT2D eigenvalue weighted by Crippen LogP contribution is -2.22. The standard InChI is InChI=1S/C15H18ClN3/c1-10(15(2,3)4)19-12-7-5-6-11(9-17)14(12)18-13(19)8-16/h5-7,10H,8H2,1-4H3. The Balaban J connectivity index is 2.76. The topological polar surface area (TPSA) is 41.6 Å². The van der Waals surface area contributed by atoms with Crippen molar-refractivity contribution in [3.8, 4) is 6.07 Å². The van der Waals surface area contributed by atoms with E-state index < -0.39 is 0 Å². The Morgan fingerprint density at radius 3 is 2.63 bits per heavy atom. The number of benzene rings is 1. The molecular weight excluding hydrogens is 258 g/mol. The maximum atomic E-state index is 9.17. The first-order chi connectivity index (χ1) is 8.90. The lowest BCUT2D eigenvalue weighted by atomic mass is 9.87. The Hall–Kier alpha value is -1.53. The Bertz CT molecular complexity index is 644. The van der Waals surface area contributed by atoms with E-state index in [1.165, 1.54) is 0 Å². The minimum Gasteiger partial charge on any atom is -0.324 e. The van der Waals surface area contributed by atoms with Crippen molar-refractivity contribution in [3.05, 3.63) is 29.6 Å². The molecule has 0 radical (unpaired) electrons. The zero-order valence-electron chi connectivity index (χ0n) is 11.7. The molecule has 0 saturated heterocycles. The second-order valence-electron chi connectivity index (χ2n) is 5.86. The van der Waals surface area contributed by atoms with E-state index in [1.807, 2.05) is 12.1 Å². The molecule has 0 aliphatic heterocycles. The van der Waals surface area contributed by atoms with Crippen LogP contribution in [0, 0.1) is 16.7 Å². The van der Waals surface area contributed by atoms with E-state index in [0.29, 0.717) is 11.4 Å². The molecule has 0 bridgehead atoms. The van der Waals surface area contributed by atoms with Gasteiger partial charge in [-0.1, -0.05) is 26.8 Å². The van der Waals surface area contributed by atoms with Gasteiger partial charge in [0.25, 0.3) is 0 Å². The first-order valence-electron chi connectivity index (χ1n) is 6.36. The molecule has 19 heavy (non-hydrogen) atoms. The fourth-order valence-electron chi connectivity index (χ4n) is 2.17. The van der Waals surface area contributed by atoms with Gasteiger partial charge in [-0.2, -0.15) is 5.26 Å². The van der Waals surface area contributed by atoms with Crippen molar-refractivity contribution in [2.45, 2.75) is 39.6 Å². The summed E-state index contributed by atoms with van der Waals surface area (Å²) in [7, 11) is 0. The highest BCUT2D eigenvalue weighted by atomic mass is 35.5. The molecule has 0 spiro atoms. The molecule has 0 amide bonds. The molecule has 1 aromatic heterocycles. The van der Waals surface area contributed by atoms with Crippen molar-refractivity contribution in [2.75, 3.05) is 0 Å². The minimum absolute atomic E-state index is 0.0943. The largest absolute Gasteiger partial charge is 0.324 e. The average Bonchev–Trinajstić information content (AvgIpc) is 2.74. The molecule has 1 unspecified atom stereocenters. The number of fused-ring (bicyclic) bond motifs is 1. The summed E-state index contributed by atoms with van der Waals surface area (Å²) in [6.45, 7) is 8.73. The van der Waals surface area contributed by atoms with Crippen LogP contribution >= 0.6 is 11.6 Å². The summed E-state index contributed by atoms with van der Waals surface area (Å²) in [4.78, 5) is 4.55. The molecule has 0 aliphatic rings. The fourth-order valence-corrected chi connectivity index (χ4v) is 2.36. The smallest absolute Gasteiger partial charge is 0.125 e. The van der Waals surface area contributed by atoms with Gasteiger partial charge in [-0.3, -0.25) is 0 Å². The highest BCUT2D eigenvalue weighted by Gasteiger charge is 2.26. The van der Waals surface area contributed by atoms with Gasteiger partial charge in [-0.15, -0.1) is 11.6 Å². The molecule has 0 aliphatic carbocycles. The molecule has 2 aromatic rings. The van der Waals surface area contributed by atoms with Gasteiger partial charge in [0.2, 0.25) is 0 Å². The highest BCUT2D eigenvalue weighted by molar-refractivity contribution is 6.16. The minimum atomic E-state index is 0.0943. The van der Waals surface area contributed by atoms with E-state index in [-0.39, 0.29) is 11.5 Å². The normalized spacial score (nSPS) is 13.5. The Morgan fingerprint density at radius 1 is 1.42 bits per heavy atom. The SMILES string of the molecule is CC(n1c(CCl)nc2c(C#N)cccc21)C(C)(C)C. The number of hydrogen-bond donors (Lipinski definition) is 0. The van der Waals surface area contributed by atoms with E-state index in [9.17, 15) is 5.26 Å². The van der Waals surface area contributed by atoms with Crippen molar-refractivity contribution in [3.63, 3.8) is 0 Å². The molecule has 0 fully saturated rings. The van der Waals surface area contributed by atoms with Crippen molar-refractivity contribution in [1.82, 2.24) is 9.55 Å². The van der Waals surface area contributed by atoms with Crippen LogP contribution in [-0.2, 0) is 5.88 Å².